The molecule has 1 saturated heterocycles. The molecule has 2 nitrogen and oxygen atoms in total. The van der Waals surface area contributed by atoms with Crippen LogP contribution in [0.15, 0.2) is 29.2 Å². The molecule has 0 amide bonds. The molecule has 1 aliphatic heterocycles. The van der Waals surface area contributed by atoms with Gasteiger partial charge < -0.3 is 5.32 Å². The van der Waals surface area contributed by atoms with Crippen molar-refractivity contribution in [3.05, 3.63) is 30.1 Å². The van der Waals surface area contributed by atoms with Crippen molar-refractivity contribution in [3.8, 4) is 0 Å². The van der Waals surface area contributed by atoms with Crippen LogP contribution in [0.25, 0.3) is 0 Å². The maximum atomic E-state index is 12.8. The fourth-order valence-electron chi connectivity index (χ4n) is 1.83. The zero-order valence-corrected chi connectivity index (χ0v) is 10.3. The molecule has 0 saturated carbocycles. The molecular weight excluding hydrogens is 223 g/mol. The summed E-state index contributed by atoms with van der Waals surface area (Å²) in [5, 5.41) is 3.79. The molecule has 16 heavy (non-hydrogen) atoms. The van der Waals surface area contributed by atoms with Crippen molar-refractivity contribution in [1.29, 1.82) is 0 Å². The first-order valence-corrected chi connectivity index (χ1v) is 6.50. The van der Waals surface area contributed by atoms with E-state index in [1.807, 2.05) is 12.1 Å². The largest absolute Gasteiger partial charge is 0.314 e. The van der Waals surface area contributed by atoms with E-state index in [0.717, 1.165) is 31.1 Å². The average Bonchev–Trinajstić information content (AvgIpc) is 2.33. The molecule has 0 bridgehead atoms. The topological polar surface area (TPSA) is 15.3 Å². The smallest absolute Gasteiger partial charge is 0.123 e. The lowest BCUT2D eigenvalue weighted by Gasteiger charge is -2.32. The van der Waals surface area contributed by atoms with Crippen LogP contribution in [-0.4, -0.2) is 36.5 Å². The summed E-state index contributed by atoms with van der Waals surface area (Å²) < 4.78 is 12.8. The minimum absolute atomic E-state index is 0.167. The maximum Gasteiger partial charge on any atom is 0.123 e. The molecule has 4 heteroatoms. The Kier molecular flexibility index (Phi) is 4.21. The predicted molar refractivity (Wildman–Crippen MR) is 66.2 cm³/mol. The summed E-state index contributed by atoms with van der Waals surface area (Å²) in [6.45, 7) is 6.52. The molecule has 2 rings (SSSR count). The van der Waals surface area contributed by atoms with Crippen molar-refractivity contribution >= 4 is 11.8 Å². The van der Waals surface area contributed by atoms with Gasteiger partial charge in [-0.2, -0.15) is 0 Å². The van der Waals surface area contributed by atoms with E-state index in [2.05, 4.69) is 17.1 Å². The van der Waals surface area contributed by atoms with E-state index in [1.165, 1.54) is 12.1 Å². The first-order chi connectivity index (χ1) is 7.75. The summed E-state index contributed by atoms with van der Waals surface area (Å²) >= 11 is 1.79. The van der Waals surface area contributed by atoms with Crippen LogP contribution >= 0.6 is 11.8 Å². The van der Waals surface area contributed by atoms with Gasteiger partial charge in [0.05, 0.1) is 5.37 Å². The van der Waals surface area contributed by atoms with Crippen LogP contribution in [0.4, 0.5) is 4.39 Å². The first-order valence-electron chi connectivity index (χ1n) is 5.63. The zero-order chi connectivity index (χ0) is 11.4. The van der Waals surface area contributed by atoms with E-state index < -0.39 is 0 Å². The summed E-state index contributed by atoms with van der Waals surface area (Å²) in [5.41, 5.74) is 0. The Hall–Kier alpha value is -0.580. The summed E-state index contributed by atoms with van der Waals surface area (Å²) in [7, 11) is 0. The van der Waals surface area contributed by atoms with Crippen molar-refractivity contribution in [2.24, 2.45) is 0 Å². The second-order valence-corrected chi connectivity index (χ2v) is 5.35. The van der Waals surface area contributed by atoms with E-state index in [9.17, 15) is 4.39 Å². The molecule has 1 fully saturated rings. The van der Waals surface area contributed by atoms with Gasteiger partial charge in [0.25, 0.3) is 0 Å². The third kappa shape index (κ3) is 3.20. The summed E-state index contributed by atoms with van der Waals surface area (Å²) in [5.74, 6) is -0.167. The number of hydrogen-bond acceptors (Lipinski definition) is 3. The van der Waals surface area contributed by atoms with E-state index in [1.54, 1.807) is 11.8 Å². The molecule has 0 radical (unpaired) electrons. The molecule has 1 atom stereocenters. The molecule has 1 unspecified atom stereocenters. The Morgan fingerprint density at radius 3 is 2.50 bits per heavy atom. The molecule has 1 heterocycles. The number of halogens is 1. The fraction of sp³-hybridized carbons (Fsp3) is 0.500. The highest BCUT2D eigenvalue weighted by Gasteiger charge is 2.16. The monoisotopic (exact) mass is 240 g/mol. The molecule has 1 aromatic rings. The maximum absolute atomic E-state index is 12.8. The fourth-order valence-corrected chi connectivity index (χ4v) is 2.88. The highest BCUT2D eigenvalue weighted by Crippen LogP contribution is 2.25. The zero-order valence-electron chi connectivity index (χ0n) is 9.45. The number of hydrogen-bond donors (Lipinski definition) is 1. The molecule has 1 aliphatic rings. The van der Waals surface area contributed by atoms with Crippen LogP contribution in [0.5, 0.6) is 0 Å². The molecular formula is C12H17FN2S. The molecule has 0 aromatic heterocycles. The first kappa shape index (κ1) is 11.9. The summed E-state index contributed by atoms with van der Waals surface area (Å²) in [6, 6.07) is 6.73. The van der Waals surface area contributed by atoms with E-state index >= 15 is 0 Å². The lowest BCUT2D eigenvalue weighted by Crippen LogP contribution is -2.46. The average molecular weight is 240 g/mol. The van der Waals surface area contributed by atoms with Crippen LogP contribution in [0.2, 0.25) is 0 Å². The van der Waals surface area contributed by atoms with Crippen molar-refractivity contribution in [3.63, 3.8) is 0 Å². The third-order valence-electron chi connectivity index (χ3n) is 2.79. The van der Waals surface area contributed by atoms with Crippen molar-refractivity contribution in [2.45, 2.75) is 17.2 Å². The van der Waals surface area contributed by atoms with Gasteiger partial charge in [0, 0.05) is 31.1 Å². The minimum Gasteiger partial charge on any atom is -0.314 e. The number of nitrogens with one attached hydrogen (secondary N) is 1. The third-order valence-corrected chi connectivity index (χ3v) is 3.97. The molecule has 0 spiro atoms. The number of thioether (sulfide) groups is 1. The van der Waals surface area contributed by atoms with Gasteiger partial charge in [0.2, 0.25) is 0 Å². The molecule has 88 valence electrons. The lowest BCUT2D eigenvalue weighted by molar-refractivity contribution is 0.234. The second kappa shape index (κ2) is 5.66. The minimum atomic E-state index is -0.167. The number of nitrogens with zero attached hydrogens (tertiary/aromatic N) is 1. The van der Waals surface area contributed by atoms with Crippen molar-refractivity contribution in [1.82, 2.24) is 10.2 Å². The Bertz CT molecular complexity index is 322. The number of piperazine rings is 1. The quantitative estimate of drug-likeness (QED) is 0.815. The molecule has 1 N–H and O–H groups in total. The number of rotatable bonds is 3. The Morgan fingerprint density at radius 1 is 1.25 bits per heavy atom. The van der Waals surface area contributed by atoms with Gasteiger partial charge in [-0.1, -0.05) is 0 Å². The highest BCUT2D eigenvalue weighted by molar-refractivity contribution is 7.99. The lowest BCUT2D eigenvalue weighted by atomic mass is 10.3. The van der Waals surface area contributed by atoms with Gasteiger partial charge in [-0.15, -0.1) is 11.8 Å². The van der Waals surface area contributed by atoms with Gasteiger partial charge in [0.15, 0.2) is 0 Å². The van der Waals surface area contributed by atoms with E-state index in [-0.39, 0.29) is 5.82 Å². The van der Waals surface area contributed by atoms with Crippen molar-refractivity contribution < 1.29 is 4.39 Å². The Morgan fingerprint density at radius 2 is 1.88 bits per heavy atom. The van der Waals surface area contributed by atoms with Crippen molar-refractivity contribution in [2.75, 3.05) is 26.2 Å². The van der Waals surface area contributed by atoms with Gasteiger partial charge >= 0.3 is 0 Å². The SMILES string of the molecule is CC(Sc1ccc(F)cc1)N1CCNCC1. The van der Waals surface area contributed by atoms with Crippen LogP contribution in [0.3, 0.4) is 0 Å². The van der Waals surface area contributed by atoms with Gasteiger partial charge in [0.1, 0.15) is 5.82 Å². The van der Waals surface area contributed by atoms with Gasteiger partial charge in [-0.3, -0.25) is 4.90 Å². The second-order valence-electron chi connectivity index (χ2n) is 3.96. The molecule has 0 aliphatic carbocycles. The highest BCUT2D eigenvalue weighted by atomic mass is 32.2. The van der Waals surface area contributed by atoms with E-state index in [4.69, 9.17) is 0 Å². The van der Waals surface area contributed by atoms with Crippen LogP contribution in [0.1, 0.15) is 6.92 Å². The Labute approximate surface area is 100 Å². The molecule has 1 aromatic carbocycles. The summed E-state index contributed by atoms with van der Waals surface area (Å²) in [6.07, 6.45) is 0. The standard InChI is InChI=1S/C12H17FN2S/c1-10(15-8-6-14-7-9-15)16-12-4-2-11(13)3-5-12/h2-5,10,14H,6-9H2,1H3. The predicted octanol–water partition coefficient (Wildman–Crippen LogP) is 2.17. The van der Waals surface area contributed by atoms with Crippen LogP contribution in [0, 0.1) is 5.82 Å². The van der Waals surface area contributed by atoms with Crippen LogP contribution < -0.4 is 5.32 Å². The Balaban J connectivity index is 1.90. The van der Waals surface area contributed by atoms with Crippen LogP contribution in [-0.2, 0) is 0 Å². The van der Waals surface area contributed by atoms with Gasteiger partial charge in [-0.05, 0) is 31.2 Å². The van der Waals surface area contributed by atoms with Gasteiger partial charge in [-0.25, -0.2) is 4.39 Å². The summed E-state index contributed by atoms with van der Waals surface area (Å²) in [4.78, 5) is 3.58. The number of benzene rings is 1. The normalized spacial score (nSPS) is 19.6. The van der Waals surface area contributed by atoms with E-state index in [0.29, 0.717) is 5.37 Å².